The van der Waals surface area contributed by atoms with Crippen LogP contribution in [0.4, 0.5) is 0 Å². The lowest BCUT2D eigenvalue weighted by molar-refractivity contribution is -0.130. The second-order valence-corrected chi connectivity index (χ2v) is 6.29. The van der Waals surface area contributed by atoms with Crippen molar-refractivity contribution < 1.29 is 9.53 Å². The van der Waals surface area contributed by atoms with Gasteiger partial charge in [0.15, 0.2) is 5.60 Å². The Hall–Kier alpha value is -0.870. The lowest BCUT2D eigenvalue weighted by Gasteiger charge is -2.28. The maximum atomic E-state index is 12.6. The maximum absolute atomic E-state index is 12.6. The number of carbonyl (C=O) groups excluding carboxylic acids is 1. The first kappa shape index (κ1) is 13.1. The first-order valence-corrected chi connectivity index (χ1v) is 7.54. The summed E-state index contributed by atoms with van der Waals surface area (Å²) in [7, 11) is 0. The molecule has 0 aromatic carbocycles. The predicted molar refractivity (Wildman–Crippen MR) is 73.9 cm³/mol. The van der Waals surface area contributed by atoms with E-state index in [4.69, 9.17) is 4.74 Å². The molecule has 106 valence electrons. The molecule has 0 aromatic heterocycles. The number of rotatable bonds is 4. The number of hydrogen-bond acceptors (Lipinski definition) is 4. The van der Waals surface area contributed by atoms with Crippen LogP contribution in [0.25, 0.3) is 0 Å². The number of ketones is 1. The number of carbonyl (C=O) groups is 1. The van der Waals surface area contributed by atoms with E-state index in [-0.39, 0.29) is 5.78 Å². The van der Waals surface area contributed by atoms with Crippen LogP contribution in [-0.2, 0) is 9.53 Å². The van der Waals surface area contributed by atoms with Gasteiger partial charge in [-0.15, -0.1) is 0 Å². The summed E-state index contributed by atoms with van der Waals surface area (Å²) in [5.41, 5.74) is 0.225. The zero-order chi connectivity index (χ0) is 13.3. The quantitative estimate of drug-likeness (QED) is 0.769. The van der Waals surface area contributed by atoms with Gasteiger partial charge in [0.2, 0.25) is 5.78 Å². The lowest BCUT2D eigenvalue weighted by Crippen LogP contribution is -2.45. The predicted octanol–water partition coefficient (Wildman–Crippen LogP) is 1.42. The topological polar surface area (TPSA) is 32.8 Å². The van der Waals surface area contributed by atoms with Crippen LogP contribution in [0.5, 0.6) is 0 Å². The summed E-state index contributed by atoms with van der Waals surface area (Å²) in [4.78, 5) is 17.3. The average Bonchev–Trinajstić information content (AvgIpc) is 3.10. The van der Waals surface area contributed by atoms with Gasteiger partial charge in [0.25, 0.3) is 0 Å². The Morgan fingerprint density at radius 2 is 1.68 bits per heavy atom. The summed E-state index contributed by atoms with van der Waals surface area (Å²) in [6, 6.07) is 0. The fourth-order valence-electron chi connectivity index (χ4n) is 3.42. The van der Waals surface area contributed by atoms with E-state index in [2.05, 4.69) is 9.80 Å². The zero-order valence-corrected chi connectivity index (χ0v) is 11.9. The minimum Gasteiger partial charge on any atom is -0.485 e. The van der Waals surface area contributed by atoms with Crippen LogP contribution in [0.2, 0.25) is 0 Å². The summed E-state index contributed by atoms with van der Waals surface area (Å²) in [5, 5.41) is 0. The zero-order valence-electron chi connectivity index (χ0n) is 11.9. The second kappa shape index (κ2) is 5.25. The molecule has 4 nitrogen and oxygen atoms in total. The summed E-state index contributed by atoms with van der Waals surface area (Å²) >= 11 is 0. The molecule has 3 heterocycles. The Morgan fingerprint density at radius 1 is 1.11 bits per heavy atom. The fraction of sp³-hybridized carbons (Fsp3) is 0.800. The van der Waals surface area contributed by atoms with Crippen molar-refractivity contribution in [2.75, 3.05) is 39.3 Å². The molecular formula is C15H24N2O2. The minimum absolute atomic E-state index is 0.200. The first-order valence-electron chi connectivity index (χ1n) is 7.54. The maximum Gasteiger partial charge on any atom is 0.207 e. The van der Waals surface area contributed by atoms with Gasteiger partial charge in [-0.05, 0) is 58.8 Å². The molecule has 1 atom stereocenters. The van der Waals surface area contributed by atoms with E-state index in [0.717, 1.165) is 44.8 Å². The molecule has 0 aromatic rings. The fourth-order valence-corrected chi connectivity index (χ4v) is 3.42. The standard InChI is InChI=1S/C15H24N2O2/c1-15(12-17-8-4-5-9-17)14(18)13(11-19-15)10-16-6-2-3-7-16/h11H,2-10,12H2,1H3/t15-/m1/s1. The molecule has 3 rings (SSSR count). The third kappa shape index (κ3) is 2.70. The van der Waals surface area contributed by atoms with Crippen molar-refractivity contribution in [3.63, 3.8) is 0 Å². The number of ether oxygens (including phenoxy) is 1. The largest absolute Gasteiger partial charge is 0.485 e. The number of nitrogens with zero attached hydrogens (tertiary/aromatic N) is 2. The summed E-state index contributed by atoms with van der Waals surface area (Å²) in [6.45, 7) is 7.91. The van der Waals surface area contributed by atoms with E-state index in [1.807, 2.05) is 6.92 Å². The summed E-state index contributed by atoms with van der Waals surface area (Å²) in [6.07, 6.45) is 6.73. The molecule has 0 amide bonds. The van der Waals surface area contributed by atoms with Gasteiger partial charge in [0.1, 0.15) is 0 Å². The van der Waals surface area contributed by atoms with Gasteiger partial charge in [-0.25, -0.2) is 0 Å². The molecular weight excluding hydrogens is 240 g/mol. The Balaban J connectivity index is 1.58. The smallest absolute Gasteiger partial charge is 0.207 e. The third-order valence-corrected chi connectivity index (χ3v) is 4.55. The van der Waals surface area contributed by atoms with Crippen LogP contribution in [0.15, 0.2) is 11.8 Å². The van der Waals surface area contributed by atoms with Crippen molar-refractivity contribution >= 4 is 5.78 Å². The molecule has 0 N–H and O–H groups in total. The lowest BCUT2D eigenvalue weighted by atomic mass is 9.96. The highest BCUT2D eigenvalue weighted by Gasteiger charge is 2.43. The Kier molecular flexibility index (Phi) is 3.63. The molecule has 0 aliphatic carbocycles. The van der Waals surface area contributed by atoms with Crippen molar-refractivity contribution in [1.82, 2.24) is 9.80 Å². The number of Topliss-reactive ketones (excluding diaryl/α,β-unsaturated/α-hetero) is 1. The van der Waals surface area contributed by atoms with Crippen LogP contribution in [0.1, 0.15) is 32.6 Å². The number of likely N-dealkylation sites (tertiary alicyclic amines) is 2. The van der Waals surface area contributed by atoms with Crippen molar-refractivity contribution in [2.45, 2.75) is 38.2 Å². The molecule has 3 aliphatic heterocycles. The van der Waals surface area contributed by atoms with E-state index in [1.54, 1.807) is 6.26 Å². The van der Waals surface area contributed by atoms with E-state index in [9.17, 15) is 4.79 Å². The highest BCUT2D eigenvalue weighted by molar-refractivity contribution is 6.03. The third-order valence-electron chi connectivity index (χ3n) is 4.55. The van der Waals surface area contributed by atoms with Gasteiger partial charge in [-0.3, -0.25) is 14.6 Å². The van der Waals surface area contributed by atoms with E-state index < -0.39 is 5.60 Å². The van der Waals surface area contributed by atoms with Gasteiger partial charge in [0, 0.05) is 18.7 Å². The molecule has 0 unspecified atom stereocenters. The van der Waals surface area contributed by atoms with Crippen LogP contribution in [0.3, 0.4) is 0 Å². The molecule has 3 aliphatic rings. The highest BCUT2D eigenvalue weighted by atomic mass is 16.5. The van der Waals surface area contributed by atoms with E-state index >= 15 is 0 Å². The SMILES string of the molecule is C[C@]1(CN2CCCC2)OC=C(CN2CCCC2)C1=O. The van der Waals surface area contributed by atoms with Gasteiger partial charge in [-0.1, -0.05) is 0 Å². The van der Waals surface area contributed by atoms with Gasteiger partial charge in [0.05, 0.1) is 6.26 Å². The van der Waals surface area contributed by atoms with Gasteiger partial charge in [-0.2, -0.15) is 0 Å². The van der Waals surface area contributed by atoms with Gasteiger partial charge >= 0.3 is 0 Å². The monoisotopic (exact) mass is 264 g/mol. The number of hydrogen-bond donors (Lipinski definition) is 0. The van der Waals surface area contributed by atoms with Crippen LogP contribution < -0.4 is 0 Å². The Morgan fingerprint density at radius 3 is 2.32 bits per heavy atom. The second-order valence-electron chi connectivity index (χ2n) is 6.29. The summed E-state index contributed by atoms with van der Waals surface area (Å²) in [5.74, 6) is 0.200. The van der Waals surface area contributed by atoms with Crippen molar-refractivity contribution in [3.8, 4) is 0 Å². The van der Waals surface area contributed by atoms with Crippen molar-refractivity contribution in [3.05, 3.63) is 11.8 Å². The Labute approximate surface area is 115 Å². The van der Waals surface area contributed by atoms with Crippen molar-refractivity contribution in [1.29, 1.82) is 0 Å². The summed E-state index contributed by atoms with van der Waals surface area (Å²) < 4.78 is 5.76. The average molecular weight is 264 g/mol. The molecule has 2 fully saturated rings. The molecule has 0 spiro atoms. The van der Waals surface area contributed by atoms with E-state index in [0.29, 0.717) is 0 Å². The molecule has 0 radical (unpaired) electrons. The van der Waals surface area contributed by atoms with E-state index in [1.165, 1.54) is 25.7 Å². The Bertz CT molecular complexity index is 382. The minimum atomic E-state index is -0.639. The molecule has 0 bridgehead atoms. The van der Waals surface area contributed by atoms with Crippen LogP contribution in [-0.4, -0.2) is 60.5 Å². The highest BCUT2D eigenvalue weighted by Crippen LogP contribution is 2.28. The van der Waals surface area contributed by atoms with Crippen LogP contribution in [0, 0.1) is 0 Å². The van der Waals surface area contributed by atoms with Crippen LogP contribution >= 0.6 is 0 Å². The van der Waals surface area contributed by atoms with Gasteiger partial charge < -0.3 is 4.74 Å². The first-order chi connectivity index (χ1) is 9.17. The molecule has 4 heteroatoms. The molecule has 19 heavy (non-hydrogen) atoms. The normalized spacial score (nSPS) is 32.9. The molecule has 2 saturated heterocycles. The van der Waals surface area contributed by atoms with Crippen molar-refractivity contribution in [2.24, 2.45) is 0 Å². The molecule has 0 saturated carbocycles.